The fraction of sp³-hybridized carbons (Fsp3) is 0.200. The number of nitrogens with zero attached hydrogens (tertiary/aromatic N) is 1. The van der Waals surface area contributed by atoms with Crippen molar-refractivity contribution in [3.8, 4) is 0 Å². The highest BCUT2D eigenvalue weighted by atomic mass is 79.9. The van der Waals surface area contributed by atoms with Crippen LogP contribution in [-0.2, 0) is 6.42 Å². The summed E-state index contributed by atoms with van der Waals surface area (Å²) in [6.07, 6.45) is 2.12. The third kappa shape index (κ3) is 3.05. The molecule has 92 valence electrons. The Labute approximate surface area is 115 Å². The molecule has 1 aromatic carbocycles. The van der Waals surface area contributed by atoms with Crippen LogP contribution in [0.1, 0.15) is 27.2 Å². The smallest absolute Gasteiger partial charge is 0.169 e. The fourth-order valence-corrected chi connectivity index (χ4v) is 2.18. The van der Waals surface area contributed by atoms with Crippen LogP contribution in [0, 0.1) is 13.8 Å². The molecule has 0 unspecified atom stereocenters. The van der Waals surface area contributed by atoms with Gasteiger partial charge in [0, 0.05) is 21.9 Å². The maximum absolute atomic E-state index is 12.2. The summed E-state index contributed by atoms with van der Waals surface area (Å²) in [7, 11) is 0. The minimum absolute atomic E-state index is 0.0851. The Balaban J connectivity index is 2.21. The van der Waals surface area contributed by atoms with Gasteiger partial charge in [0.15, 0.2) is 5.78 Å². The predicted molar refractivity (Wildman–Crippen MR) is 75.9 cm³/mol. The number of aryl methyl sites for hydroxylation is 2. The second-order valence-electron chi connectivity index (χ2n) is 4.41. The van der Waals surface area contributed by atoms with Gasteiger partial charge in [-0.15, -0.1) is 0 Å². The Morgan fingerprint density at radius 2 is 1.89 bits per heavy atom. The molecule has 1 heterocycles. The van der Waals surface area contributed by atoms with Gasteiger partial charge in [0.05, 0.1) is 6.42 Å². The van der Waals surface area contributed by atoms with E-state index in [9.17, 15) is 4.79 Å². The Morgan fingerprint density at radius 1 is 1.17 bits per heavy atom. The predicted octanol–water partition coefficient (Wildman–Crippen LogP) is 3.89. The fourth-order valence-electron chi connectivity index (χ4n) is 1.72. The van der Waals surface area contributed by atoms with Crippen LogP contribution < -0.4 is 0 Å². The van der Waals surface area contributed by atoms with Crippen molar-refractivity contribution in [1.82, 2.24) is 4.98 Å². The summed E-state index contributed by atoms with van der Waals surface area (Å²) in [6, 6.07) is 9.66. The van der Waals surface area contributed by atoms with Crippen molar-refractivity contribution in [1.29, 1.82) is 0 Å². The zero-order chi connectivity index (χ0) is 13.1. The highest BCUT2D eigenvalue weighted by molar-refractivity contribution is 9.10. The number of carbonyl (C=O) groups is 1. The van der Waals surface area contributed by atoms with Gasteiger partial charge >= 0.3 is 0 Å². The average Bonchev–Trinajstić information content (AvgIpc) is 2.35. The van der Waals surface area contributed by atoms with Crippen molar-refractivity contribution in [2.45, 2.75) is 20.3 Å². The summed E-state index contributed by atoms with van der Waals surface area (Å²) in [4.78, 5) is 16.5. The van der Waals surface area contributed by atoms with Gasteiger partial charge < -0.3 is 0 Å². The van der Waals surface area contributed by atoms with E-state index in [0.29, 0.717) is 6.42 Å². The molecule has 2 aromatic rings. The molecular formula is C15H14BrNO. The molecule has 0 atom stereocenters. The average molecular weight is 304 g/mol. The lowest BCUT2D eigenvalue weighted by molar-refractivity contribution is 0.0991. The standard InChI is InChI=1S/C15H14BrNO/c1-10-4-6-14(16)13(7-10)15(18)8-12-5-3-11(2)9-17-12/h3-7,9H,8H2,1-2H3. The summed E-state index contributed by atoms with van der Waals surface area (Å²) in [6.45, 7) is 3.96. The molecule has 0 spiro atoms. The molecule has 0 bridgehead atoms. The first-order chi connectivity index (χ1) is 8.56. The maximum Gasteiger partial charge on any atom is 0.169 e. The lowest BCUT2D eigenvalue weighted by Crippen LogP contribution is -2.06. The zero-order valence-electron chi connectivity index (χ0n) is 10.4. The first kappa shape index (κ1) is 13.0. The van der Waals surface area contributed by atoms with Crippen LogP contribution in [0.5, 0.6) is 0 Å². The molecule has 0 N–H and O–H groups in total. The van der Waals surface area contributed by atoms with Crippen molar-refractivity contribution in [3.05, 3.63) is 63.4 Å². The van der Waals surface area contributed by atoms with E-state index in [1.807, 2.05) is 44.2 Å². The van der Waals surface area contributed by atoms with E-state index in [1.165, 1.54) is 0 Å². The first-order valence-corrected chi connectivity index (χ1v) is 6.56. The van der Waals surface area contributed by atoms with Gasteiger partial charge in [-0.2, -0.15) is 0 Å². The van der Waals surface area contributed by atoms with Crippen LogP contribution in [0.25, 0.3) is 0 Å². The second-order valence-corrected chi connectivity index (χ2v) is 5.26. The van der Waals surface area contributed by atoms with E-state index < -0.39 is 0 Å². The van der Waals surface area contributed by atoms with Crippen LogP contribution in [-0.4, -0.2) is 10.8 Å². The van der Waals surface area contributed by atoms with Gasteiger partial charge in [-0.1, -0.05) is 33.6 Å². The Hall–Kier alpha value is -1.48. The highest BCUT2D eigenvalue weighted by Crippen LogP contribution is 2.19. The number of hydrogen-bond acceptors (Lipinski definition) is 2. The van der Waals surface area contributed by atoms with Gasteiger partial charge in [0.1, 0.15) is 0 Å². The molecule has 0 aliphatic rings. The summed E-state index contributed by atoms with van der Waals surface area (Å²) < 4.78 is 0.838. The number of carbonyl (C=O) groups excluding carboxylic acids is 1. The Bertz CT molecular complexity index is 576. The molecule has 0 aliphatic carbocycles. The van der Waals surface area contributed by atoms with Crippen molar-refractivity contribution in [2.24, 2.45) is 0 Å². The quantitative estimate of drug-likeness (QED) is 0.805. The molecule has 2 nitrogen and oxygen atoms in total. The summed E-state index contributed by atoms with van der Waals surface area (Å²) in [5.41, 5.74) is 3.71. The summed E-state index contributed by atoms with van der Waals surface area (Å²) in [5, 5.41) is 0. The highest BCUT2D eigenvalue weighted by Gasteiger charge is 2.11. The lowest BCUT2D eigenvalue weighted by atomic mass is 10.0. The number of ketones is 1. The molecule has 0 saturated heterocycles. The minimum Gasteiger partial charge on any atom is -0.294 e. The molecule has 0 amide bonds. The Morgan fingerprint density at radius 3 is 2.56 bits per heavy atom. The van der Waals surface area contributed by atoms with Crippen molar-refractivity contribution >= 4 is 21.7 Å². The number of Topliss-reactive ketones (excluding diaryl/α,β-unsaturated/α-hetero) is 1. The van der Waals surface area contributed by atoms with E-state index in [4.69, 9.17) is 0 Å². The molecule has 0 saturated carbocycles. The molecular weight excluding hydrogens is 290 g/mol. The van der Waals surface area contributed by atoms with E-state index in [-0.39, 0.29) is 5.78 Å². The van der Waals surface area contributed by atoms with Gasteiger partial charge in [-0.3, -0.25) is 9.78 Å². The van der Waals surface area contributed by atoms with Gasteiger partial charge in [-0.25, -0.2) is 0 Å². The van der Waals surface area contributed by atoms with Gasteiger partial charge in [-0.05, 0) is 37.6 Å². The largest absolute Gasteiger partial charge is 0.294 e. The van der Waals surface area contributed by atoms with E-state index >= 15 is 0 Å². The van der Waals surface area contributed by atoms with Crippen LogP contribution in [0.4, 0.5) is 0 Å². The normalized spacial score (nSPS) is 10.4. The second kappa shape index (κ2) is 5.44. The first-order valence-electron chi connectivity index (χ1n) is 5.77. The van der Waals surface area contributed by atoms with Crippen LogP contribution in [0.15, 0.2) is 41.0 Å². The molecule has 0 fully saturated rings. The van der Waals surface area contributed by atoms with Crippen LogP contribution >= 0.6 is 15.9 Å². The van der Waals surface area contributed by atoms with E-state index in [0.717, 1.165) is 26.9 Å². The SMILES string of the molecule is Cc1ccc(CC(=O)c2cc(C)ccc2Br)nc1. The Kier molecular flexibility index (Phi) is 3.92. The molecule has 18 heavy (non-hydrogen) atoms. The number of rotatable bonds is 3. The molecule has 0 radical (unpaired) electrons. The third-order valence-electron chi connectivity index (χ3n) is 2.74. The summed E-state index contributed by atoms with van der Waals surface area (Å²) in [5.74, 6) is 0.0851. The topological polar surface area (TPSA) is 30.0 Å². The zero-order valence-corrected chi connectivity index (χ0v) is 12.0. The third-order valence-corrected chi connectivity index (χ3v) is 3.43. The van der Waals surface area contributed by atoms with Crippen molar-refractivity contribution < 1.29 is 4.79 Å². The summed E-state index contributed by atoms with van der Waals surface area (Å²) >= 11 is 3.41. The maximum atomic E-state index is 12.2. The minimum atomic E-state index is 0.0851. The number of benzene rings is 1. The van der Waals surface area contributed by atoms with Crippen LogP contribution in [0.2, 0.25) is 0 Å². The number of hydrogen-bond donors (Lipinski definition) is 0. The number of aromatic nitrogens is 1. The number of pyridine rings is 1. The lowest BCUT2D eigenvalue weighted by Gasteiger charge is -2.05. The van der Waals surface area contributed by atoms with Crippen molar-refractivity contribution in [2.75, 3.05) is 0 Å². The van der Waals surface area contributed by atoms with E-state index in [1.54, 1.807) is 6.20 Å². The van der Waals surface area contributed by atoms with Crippen molar-refractivity contribution in [3.63, 3.8) is 0 Å². The van der Waals surface area contributed by atoms with E-state index in [2.05, 4.69) is 20.9 Å². The molecule has 3 heteroatoms. The molecule has 2 rings (SSSR count). The molecule has 1 aromatic heterocycles. The number of halogens is 1. The van der Waals surface area contributed by atoms with Crippen LogP contribution in [0.3, 0.4) is 0 Å². The van der Waals surface area contributed by atoms with Gasteiger partial charge in [0.25, 0.3) is 0 Å². The molecule has 0 aliphatic heterocycles. The van der Waals surface area contributed by atoms with Gasteiger partial charge in [0.2, 0.25) is 0 Å². The monoisotopic (exact) mass is 303 g/mol.